The third kappa shape index (κ3) is 3.31. The van der Waals surface area contributed by atoms with Gasteiger partial charge in [0.25, 0.3) is 11.5 Å². The maximum atomic E-state index is 11.9. The van der Waals surface area contributed by atoms with Gasteiger partial charge in [0.2, 0.25) is 0 Å². The molecule has 0 unspecified atom stereocenters. The van der Waals surface area contributed by atoms with Gasteiger partial charge in [0.15, 0.2) is 0 Å². The average molecular weight is 268 g/mol. The molecule has 0 saturated heterocycles. The summed E-state index contributed by atoms with van der Waals surface area (Å²) in [4.78, 5) is 37.2. The average Bonchev–Trinajstić information content (AvgIpc) is 2.42. The Bertz CT molecular complexity index is 569. The van der Waals surface area contributed by atoms with Gasteiger partial charge < -0.3 is 16.0 Å². The molecule has 1 aromatic rings. The third-order valence-corrected chi connectivity index (χ3v) is 3.43. The normalized spacial score (nSPS) is 11.4. The first-order valence-corrected chi connectivity index (χ1v) is 6.20. The van der Waals surface area contributed by atoms with Gasteiger partial charge in [0.05, 0.1) is 0 Å². The molecular weight excluding hydrogens is 248 g/mol. The van der Waals surface area contributed by atoms with E-state index in [-0.39, 0.29) is 12.1 Å². The Labute approximate surface area is 110 Å². The lowest BCUT2D eigenvalue weighted by Crippen LogP contribution is -2.50. The van der Waals surface area contributed by atoms with Crippen LogP contribution in [0.3, 0.4) is 0 Å². The van der Waals surface area contributed by atoms with Gasteiger partial charge >= 0.3 is 5.69 Å². The molecular formula is C12H20N4O3. The number of nitrogens with one attached hydrogen (secondary N) is 2. The third-order valence-electron chi connectivity index (χ3n) is 3.43. The van der Waals surface area contributed by atoms with Crippen LogP contribution in [-0.2, 0) is 7.05 Å². The standard InChI is InChI=1S/C12H20N4O3/c1-4-12(13,5-2)7-15-9(17)8-6-14-11(19)16(3)10(8)18/h6H,4-5,7,13H2,1-3H3,(H,14,19)(H,15,17). The molecule has 0 radical (unpaired) electrons. The van der Waals surface area contributed by atoms with E-state index in [1.165, 1.54) is 7.05 Å². The van der Waals surface area contributed by atoms with Crippen LogP contribution in [0.1, 0.15) is 37.0 Å². The Hall–Kier alpha value is -1.89. The molecule has 0 bridgehead atoms. The zero-order chi connectivity index (χ0) is 14.6. The van der Waals surface area contributed by atoms with Crippen LogP contribution in [0.2, 0.25) is 0 Å². The number of carbonyl (C=O) groups is 1. The summed E-state index contributed by atoms with van der Waals surface area (Å²) in [6, 6.07) is 0. The maximum Gasteiger partial charge on any atom is 0.328 e. The van der Waals surface area contributed by atoms with Crippen molar-refractivity contribution in [2.75, 3.05) is 6.54 Å². The molecule has 1 amide bonds. The van der Waals surface area contributed by atoms with Gasteiger partial charge in [-0.1, -0.05) is 13.8 Å². The second kappa shape index (κ2) is 5.83. The van der Waals surface area contributed by atoms with Gasteiger partial charge in [-0.25, -0.2) is 4.79 Å². The van der Waals surface area contributed by atoms with Crippen LogP contribution in [0.4, 0.5) is 0 Å². The number of H-pyrrole nitrogens is 1. The van der Waals surface area contributed by atoms with E-state index in [0.29, 0.717) is 12.8 Å². The molecule has 0 aliphatic carbocycles. The van der Waals surface area contributed by atoms with E-state index in [4.69, 9.17) is 5.73 Å². The lowest BCUT2D eigenvalue weighted by Gasteiger charge is -2.26. The molecule has 0 fully saturated rings. The lowest BCUT2D eigenvalue weighted by atomic mass is 9.94. The monoisotopic (exact) mass is 268 g/mol. The van der Waals surface area contributed by atoms with Crippen LogP contribution in [0.25, 0.3) is 0 Å². The van der Waals surface area contributed by atoms with Crippen molar-refractivity contribution in [1.29, 1.82) is 0 Å². The van der Waals surface area contributed by atoms with E-state index >= 15 is 0 Å². The van der Waals surface area contributed by atoms with Crippen molar-refractivity contribution in [2.24, 2.45) is 12.8 Å². The molecule has 0 saturated carbocycles. The highest BCUT2D eigenvalue weighted by Crippen LogP contribution is 2.09. The number of amides is 1. The summed E-state index contributed by atoms with van der Waals surface area (Å²) in [7, 11) is 1.31. The van der Waals surface area contributed by atoms with Gasteiger partial charge in [-0.2, -0.15) is 0 Å². The maximum absolute atomic E-state index is 11.9. The molecule has 0 spiro atoms. The van der Waals surface area contributed by atoms with E-state index in [0.717, 1.165) is 10.8 Å². The summed E-state index contributed by atoms with van der Waals surface area (Å²) in [5.41, 5.74) is 4.29. The number of carbonyl (C=O) groups excluding carboxylic acids is 1. The molecule has 1 rings (SSSR count). The van der Waals surface area contributed by atoms with Gasteiger partial charge in [0.1, 0.15) is 5.56 Å². The fourth-order valence-electron chi connectivity index (χ4n) is 1.58. The zero-order valence-electron chi connectivity index (χ0n) is 11.4. The largest absolute Gasteiger partial charge is 0.350 e. The molecule has 0 aliphatic rings. The highest BCUT2D eigenvalue weighted by molar-refractivity contribution is 5.93. The number of hydrogen-bond acceptors (Lipinski definition) is 4. The topological polar surface area (TPSA) is 110 Å². The quantitative estimate of drug-likeness (QED) is 0.657. The second-order valence-corrected chi connectivity index (χ2v) is 4.62. The molecule has 7 nitrogen and oxygen atoms in total. The highest BCUT2D eigenvalue weighted by Gasteiger charge is 2.22. The summed E-state index contributed by atoms with van der Waals surface area (Å²) in [5.74, 6) is -0.534. The minimum atomic E-state index is -0.628. The van der Waals surface area contributed by atoms with E-state index in [1.54, 1.807) is 0 Å². The fraction of sp³-hybridized carbons (Fsp3) is 0.583. The lowest BCUT2D eigenvalue weighted by molar-refractivity contribution is 0.0939. The number of aromatic amines is 1. The molecule has 0 aromatic carbocycles. The van der Waals surface area contributed by atoms with Crippen LogP contribution in [-0.4, -0.2) is 27.5 Å². The van der Waals surface area contributed by atoms with E-state index in [1.807, 2.05) is 13.8 Å². The van der Waals surface area contributed by atoms with Crippen molar-refractivity contribution in [3.05, 3.63) is 32.6 Å². The van der Waals surface area contributed by atoms with Crippen molar-refractivity contribution in [1.82, 2.24) is 14.9 Å². The molecule has 1 heterocycles. The zero-order valence-corrected chi connectivity index (χ0v) is 11.4. The van der Waals surface area contributed by atoms with Gasteiger partial charge in [-0.3, -0.25) is 14.2 Å². The summed E-state index contributed by atoms with van der Waals surface area (Å²) >= 11 is 0. The highest BCUT2D eigenvalue weighted by atomic mass is 16.2. The smallest absolute Gasteiger partial charge is 0.328 e. The van der Waals surface area contributed by atoms with Crippen molar-refractivity contribution >= 4 is 5.91 Å². The van der Waals surface area contributed by atoms with Crippen LogP contribution in [0.15, 0.2) is 15.8 Å². The Morgan fingerprint density at radius 1 is 1.42 bits per heavy atom. The molecule has 4 N–H and O–H groups in total. The van der Waals surface area contributed by atoms with E-state index in [9.17, 15) is 14.4 Å². The first-order chi connectivity index (χ1) is 8.84. The molecule has 19 heavy (non-hydrogen) atoms. The Morgan fingerprint density at radius 2 is 2.00 bits per heavy atom. The molecule has 0 aliphatic heterocycles. The summed E-state index contributed by atoms with van der Waals surface area (Å²) in [6.07, 6.45) is 2.55. The van der Waals surface area contributed by atoms with E-state index < -0.39 is 22.7 Å². The van der Waals surface area contributed by atoms with Gasteiger partial charge in [-0.15, -0.1) is 0 Å². The summed E-state index contributed by atoms with van der Waals surface area (Å²) in [5, 5.41) is 2.63. The van der Waals surface area contributed by atoms with Crippen molar-refractivity contribution in [2.45, 2.75) is 32.2 Å². The van der Waals surface area contributed by atoms with Crippen molar-refractivity contribution < 1.29 is 4.79 Å². The van der Waals surface area contributed by atoms with Crippen LogP contribution >= 0.6 is 0 Å². The molecule has 106 valence electrons. The number of rotatable bonds is 5. The summed E-state index contributed by atoms with van der Waals surface area (Å²) in [6.45, 7) is 4.16. The summed E-state index contributed by atoms with van der Waals surface area (Å²) < 4.78 is 0.851. The number of nitrogens with two attached hydrogens (primary N) is 1. The van der Waals surface area contributed by atoms with Crippen LogP contribution < -0.4 is 22.3 Å². The minimum Gasteiger partial charge on any atom is -0.350 e. The van der Waals surface area contributed by atoms with Gasteiger partial charge in [0, 0.05) is 25.3 Å². The Kier molecular flexibility index (Phi) is 4.66. The Balaban J connectivity index is 2.89. The number of nitrogens with zero attached hydrogens (tertiary/aromatic N) is 1. The first-order valence-electron chi connectivity index (χ1n) is 6.20. The SMILES string of the molecule is CCC(N)(CC)CNC(=O)c1c[nH]c(=O)n(C)c1=O. The fourth-order valence-corrected chi connectivity index (χ4v) is 1.58. The van der Waals surface area contributed by atoms with Gasteiger partial charge in [-0.05, 0) is 12.8 Å². The molecule has 7 heteroatoms. The van der Waals surface area contributed by atoms with Crippen molar-refractivity contribution in [3.8, 4) is 0 Å². The number of hydrogen-bond donors (Lipinski definition) is 3. The van der Waals surface area contributed by atoms with E-state index in [2.05, 4.69) is 10.3 Å². The number of aromatic nitrogens is 2. The Morgan fingerprint density at radius 3 is 2.53 bits per heavy atom. The van der Waals surface area contributed by atoms with Crippen LogP contribution in [0.5, 0.6) is 0 Å². The predicted octanol–water partition coefficient (Wildman–Crippen LogP) is -0.679. The minimum absolute atomic E-state index is 0.100. The molecule has 0 atom stereocenters. The second-order valence-electron chi connectivity index (χ2n) is 4.62. The molecule has 1 aromatic heterocycles. The van der Waals surface area contributed by atoms with Crippen molar-refractivity contribution in [3.63, 3.8) is 0 Å². The van der Waals surface area contributed by atoms with Crippen LogP contribution in [0, 0.1) is 0 Å². The predicted molar refractivity (Wildman–Crippen MR) is 72.1 cm³/mol. The first kappa shape index (κ1) is 15.2.